The lowest BCUT2D eigenvalue weighted by Gasteiger charge is -2.33. The van der Waals surface area contributed by atoms with Crippen LogP contribution in [0.15, 0.2) is 61.1 Å². The molecule has 0 aliphatic carbocycles. The van der Waals surface area contributed by atoms with Gasteiger partial charge in [0.2, 0.25) is 0 Å². The van der Waals surface area contributed by atoms with Gasteiger partial charge in [-0.3, -0.25) is 14.7 Å². The minimum Gasteiger partial charge on any atom is -0.343 e. The van der Waals surface area contributed by atoms with E-state index < -0.39 is 17.6 Å². The van der Waals surface area contributed by atoms with E-state index in [1.54, 1.807) is 24.4 Å². The Morgan fingerprint density at radius 1 is 1.02 bits per heavy atom. The first-order valence-electron chi connectivity index (χ1n) is 14.5. The highest BCUT2D eigenvalue weighted by Crippen LogP contribution is 2.35. The van der Waals surface area contributed by atoms with Crippen LogP contribution < -0.4 is 5.32 Å². The predicted molar refractivity (Wildman–Crippen MR) is 164 cm³/mol. The first kappa shape index (κ1) is 30.3. The molecule has 0 saturated carbocycles. The van der Waals surface area contributed by atoms with Crippen molar-refractivity contribution in [3.05, 3.63) is 94.4 Å². The van der Waals surface area contributed by atoms with Crippen molar-refractivity contribution in [3.63, 3.8) is 0 Å². The van der Waals surface area contributed by atoms with Crippen LogP contribution in [0.25, 0.3) is 10.9 Å². The summed E-state index contributed by atoms with van der Waals surface area (Å²) in [7, 11) is 2.00. The SMILES string of the molecule is CCC(C)n1ccc2c(C#Cc3cc(C(=O)Nc4ccc(CN5CCN(C)CC5)c(C(F)(F)F)c4)ccc3C)cncc21. The van der Waals surface area contributed by atoms with Crippen LogP contribution in [0.4, 0.5) is 18.9 Å². The summed E-state index contributed by atoms with van der Waals surface area (Å²) in [5.41, 5.74) is 3.21. The highest BCUT2D eigenvalue weighted by Gasteiger charge is 2.34. The number of hydrogen-bond donors (Lipinski definition) is 1. The molecule has 2 aromatic carbocycles. The molecule has 0 spiro atoms. The molecule has 224 valence electrons. The Kier molecular flexibility index (Phi) is 8.90. The standard InChI is InChI=1S/C34H36F3N5O/c1-5-24(3)42-13-12-30-27(20-38-21-32(30)42)9-8-25-18-26(7-6-23(25)2)33(43)39-29-11-10-28(31(19-29)34(35,36)37)22-41-16-14-40(4)15-17-41/h6-7,10-13,18-21,24H,5,14-17,22H2,1-4H3,(H,39,43). The van der Waals surface area contributed by atoms with Crippen molar-refractivity contribution in [2.75, 3.05) is 38.5 Å². The van der Waals surface area contributed by atoms with E-state index in [9.17, 15) is 18.0 Å². The Bertz CT molecular complexity index is 1690. The van der Waals surface area contributed by atoms with Gasteiger partial charge in [0.25, 0.3) is 5.91 Å². The molecule has 0 bridgehead atoms. The van der Waals surface area contributed by atoms with E-state index in [-0.39, 0.29) is 17.8 Å². The van der Waals surface area contributed by atoms with E-state index >= 15 is 0 Å². The normalized spacial score (nSPS) is 15.2. The molecule has 0 radical (unpaired) electrons. The molecule has 5 rings (SSSR count). The van der Waals surface area contributed by atoms with Crippen molar-refractivity contribution in [2.45, 2.75) is 46.0 Å². The number of benzene rings is 2. The summed E-state index contributed by atoms with van der Waals surface area (Å²) in [5.74, 6) is 5.88. The first-order valence-corrected chi connectivity index (χ1v) is 14.5. The summed E-state index contributed by atoms with van der Waals surface area (Å²) in [4.78, 5) is 21.7. The van der Waals surface area contributed by atoms with Crippen molar-refractivity contribution >= 4 is 22.5 Å². The second-order valence-electron chi connectivity index (χ2n) is 11.3. The van der Waals surface area contributed by atoms with Gasteiger partial charge in [-0.15, -0.1) is 0 Å². The highest BCUT2D eigenvalue weighted by molar-refractivity contribution is 6.04. The number of aromatic nitrogens is 2. The smallest absolute Gasteiger partial charge is 0.343 e. The fraction of sp³-hybridized carbons (Fsp3) is 0.353. The van der Waals surface area contributed by atoms with Gasteiger partial charge in [-0.1, -0.05) is 30.9 Å². The summed E-state index contributed by atoms with van der Waals surface area (Å²) >= 11 is 0. The number of likely N-dealkylation sites (N-methyl/N-ethyl adjacent to an activating group) is 1. The third-order valence-corrected chi connectivity index (χ3v) is 8.21. The van der Waals surface area contributed by atoms with Crippen LogP contribution in [0.1, 0.15) is 64.5 Å². The van der Waals surface area contributed by atoms with Gasteiger partial charge >= 0.3 is 6.18 Å². The lowest BCUT2D eigenvalue weighted by molar-refractivity contribution is -0.138. The molecule has 4 aromatic rings. The Morgan fingerprint density at radius 2 is 1.77 bits per heavy atom. The molecule has 6 nitrogen and oxygen atoms in total. The number of piperazine rings is 1. The van der Waals surface area contributed by atoms with E-state index in [0.717, 1.165) is 47.6 Å². The zero-order chi connectivity index (χ0) is 30.7. The molecule has 1 N–H and O–H groups in total. The van der Waals surface area contributed by atoms with Crippen LogP contribution in [0.5, 0.6) is 0 Å². The molecule has 1 aliphatic heterocycles. The second kappa shape index (κ2) is 12.6. The maximum Gasteiger partial charge on any atom is 0.416 e. The van der Waals surface area contributed by atoms with Crippen LogP contribution in [-0.4, -0.2) is 58.5 Å². The number of rotatable bonds is 6. The third-order valence-electron chi connectivity index (χ3n) is 8.21. The monoisotopic (exact) mass is 587 g/mol. The molecular formula is C34H36F3N5O. The Morgan fingerprint density at radius 3 is 2.49 bits per heavy atom. The molecule has 3 heterocycles. The van der Waals surface area contributed by atoms with Crippen molar-refractivity contribution in [2.24, 2.45) is 0 Å². The van der Waals surface area contributed by atoms with E-state index in [4.69, 9.17) is 0 Å². The third kappa shape index (κ3) is 6.93. The largest absolute Gasteiger partial charge is 0.416 e. The molecule has 1 aliphatic rings. The van der Waals surface area contributed by atoms with Gasteiger partial charge in [0.05, 0.1) is 22.8 Å². The number of amides is 1. The summed E-state index contributed by atoms with van der Waals surface area (Å²) in [6.45, 7) is 9.46. The number of pyridine rings is 1. The average molecular weight is 588 g/mol. The number of nitrogens with one attached hydrogen (secondary N) is 1. The van der Waals surface area contributed by atoms with Crippen LogP contribution >= 0.6 is 0 Å². The quantitative estimate of drug-likeness (QED) is 0.254. The molecule has 1 fully saturated rings. The maximum absolute atomic E-state index is 14.0. The van der Waals surface area contributed by atoms with Gasteiger partial charge in [-0.2, -0.15) is 13.2 Å². The molecule has 1 atom stereocenters. The van der Waals surface area contributed by atoms with Crippen molar-refractivity contribution in [3.8, 4) is 11.8 Å². The molecular weight excluding hydrogens is 551 g/mol. The van der Waals surface area contributed by atoms with Crippen molar-refractivity contribution in [1.29, 1.82) is 0 Å². The summed E-state index contributed by atoms with van der Waals surface area (Å²) < 4.78 is 44.3. The minimum absolute atomic E-state index is 0.0937. The number of aryl methyl sites for hydroxylation is 1. The van der Waals surface area contributed by atoms with Gasteiger partial charge in [0.15, 0.2) is 0 Å². The zero-order valence-corrected chi connectivity index (χ0v) is 24.9. The van der Waals surface area contributed by atoms with E-state index in [1.807, 2.05) is 37.3 Å². The van der Waals surface area contributed by atoms with E-state index in [2.05, 4.69) is 45.5 Å². The maximum atomic E-state index is 14.0. The zero-order valence-electron chi connectivity index (χ0n) is 24.9. The van der Waals surface area contributed by atoms with Gasteiger partial charge < -0.3 is 14.8 Å². The van der Waals surface area contributed by atoms with Crippen LogP contribution in [0.3, 0.4) is 0 Å². The number of carbonyl (C=O) groups is 1. The molecule has 9 heteroatoms. The van der Waals surface area contributed by atoms with Gasteiger partial charge in [-0.05, 0) is 68.8 Å². The number of carbonyl (C=O) groups excluding carboxylic acids is 1. The summed E-state index contributed by atoms with van der Waals surface area (Å²) in [6.07, 6.45) is 2.07. The Balaban J connectivity index is 1.36. The summed E-state index contributed by atoms with van der Waals surface area (Å²) in [6, 6.07) is 11.5. The molecule has 2 aromatic heterocycles. The van der Waals surface area contributed by atoms with Crippen LogP contribution in [-0.2, 0) is 12.7 Å². The molecule has 1 amide bonds. The number of nitrogens with zero attached hydrogens (tertiary/aromatic N) is 4. The summed E-state index contributed by atoms with van der Waals surface area (Å²) in [5, 5.41) is 3.66. The Hall–Kier alpha value is -4.13. The lowest BCUT2D eigenvalue weighted by atomic mass is 10.0. The minimum atomic E-state index is -4.54. The topological polar surface area (TPSA) is 53.4 Å². The predicted octanol–water partition coefficient (Wildman–Crippen LogP) is 6.73. The van der Waals surface area contributed by atoms with E-state index in [0.29, 0.717) is 30.3 Å². The van der Waals surface area contributed by atoms with Crippen LogP contribution in [0, 0.1) is 18.8 Å². The number of hydrogen-bond acceptors (Lipinski definition) is 4. The number of alkyl halides is 3. The van der Waals surface area contributed by atoms with Crippen LogP contribution in [0.2, 0.25) is 0 Å². The fourth-order valence-corrected chi connectivity index (χ4v) is 5.29. The molecule has 1 saturated heterocycles. The van der Waals surface area contributed by atoms with Gasteiger partial charge in [0.1, 0.15) is 0 Å². The first-order chi connectivity index (χ1) is 20.5. The molecule has 43 heavy (non-hydrogen) atoms. The van der Waals surface area contributed by atoms with Gasteiger partial charge in [0, 0.05) is 73.4 Å². The van der Waals surface area contributed by atoms with Gasteiger partial charge in [-0.25, -0.2) is 0 Å². The Labute approximate surface area is 250 Å². The lowest BCUT2D eigenvalue weighted by Crippen LogP contribution is -2.44. The second-order valence-corrected chi connectivity index (χ2v) is 11.3. The average Bonchev–Trinajstić information content (AvgIpc) is 3.42. The molecule has 1 unspecified atom stereocenters. The van der Waals surface area contributed by atoms with E-state index in [1.165, 1.54) is 12.1 Å². The number of fused-ring (bicyclic) bond motifs is 1. The van der Waals surface area contributed by atoms with Crippen molar-refractivity contribution in [1.82, 2.24) is 19.4 Å². The number of anilines is 1. The highest BCUT2D eigenvalue weighted by atomic mass is 19.4. The fourth-order valence-electron chi connectivity index (χ4n) is 5.29. The van der Waals surface area contributed by atoms with Crippen molar-refractivity contribution < 1.29 is 18.0 Å². The number of halogens is 3.